The highest BCUT2D eigenvalue weighted by molar-refractivity contribution is 7.99. The number of hydrogen-bond acceptors (Lipinski definition) is 6. The Balaban J connectivity index is 1.52. The van der Waals surface area contributed by atoms with E-state index in [9.17, 15) is 4.79 Å². The van der Waals surface area contributed by atoms with Crippen LogP contribution in [0.5, 0.6) is 0 Å². The van der Waals surface area contributed by atoms with Gasteiger partial charge in [0.05, 0.1) is 18.6 Å². The van der Waals surface area contributed by atoms with Crippen molar-refractivity contribution in [3.63, 3.8) is 0 Å². The summed E-state index contributed by atoms with van der Waals surface area (Å²) in [5, 5.41) is 9.41. The molecule has 0 N–H and O–H groups in total. The molecule has 0 aromatic carbocycles. The molecule has 4 rings (SSSR count). The van der Waals surface area contributed by atoms with Gasteiger partial charge in [0.25, 0.3) is 0 Å². The van der Waals surface area contributed by atoms with Crippen LogP contribution in [0.1, 0.15) is 31.4 Å². The van der Waals surface area contributed by atoms with Gasteiger partial charge in [0, 0.05) is 31.0 Å². The monoisotopic (exact) mass is 397 g/mol. The molecule has 0 spiro atoms. The number of thioether (sulfide) groups is 1. The molecule has 7 nitrogen and oxygen atoms in total. The number of likely N-dealkylation sites (tertiary alicyclic amines) is 1. The molecule has 1 amide bonds. The molecule has 0 atom stereocenters. The zero-order chi connectivity index (χ0) is 19.2. The third-order valence-corrected chi connectivity index (χ3v) is 5.77. The second-order valence-electron chi connectivity index (χ2n) is 6.80. The van der Waals surface area contributed by atoms with Crippen LogP contribution in [-0.4, -0.2) is 49.4 Å². The minimum atomic E-state index is 0.169. The van der Waals surface area contributed by atoms with Crippen molar-refractivity contribution in [2.75, 3.05) is 18.8 Å². The number of rotatable bonds is 6. The van der Waals surface area contributed by atoms with Crippen LogP contribution in [0.3, 0.4) is 0 Å². The van der Waals surface area contributed by atoms with Gasteiger partial charge < -0.3 is 9.32 Å². The first-order chi connectivity index (χ1) is 13.8. The molecule has 0 radical (unpaired) electrons. The molecule has 1 saturated heterocycles. The molecule has 0 aliphatic carbocycles. The van der Waals surface area contributed by atoms with Crippen LogP contribution in [0.4, 0.5) is 0 Å². The number of amides is 1. The summed E-state index contributed by atoms with van der Waals surface area (Å²) in [6, 6.07) is 7.60. The summed E-state index contributed by atoms with van der Waals surface area (Å²) < 4.78 is 7.49. The normalized spacial score (nSPS) is 14.8. The van der Waals surface area contributed by atoms with Crippen molar-refractivity contribution in [3.05, 3.63) is 48.7 Å². The van der Waals surface area contributed by atoms with Crippen molar-refractivity contribution in [2.24, 2.45) is 0 Å². The third kappa shape index (κ3) is 4.44. The Hall–Kier alpha value is -2.61. The van der Waals surface area contributed by atoms with E-state index in [0.29, 0.717) is 23.3 Å². The van der Waals surface area contributed by atoms with Crippen LogP contribution >= 0.6 is 11.8 Å². The second kappa shape index (κ2) is 9.05. The number of aromatic nitrogens is 4. The van der Waals surface area contributed by atoms with Crippen molar-refractivity contribution in [3.8, 4) is 11.4 Å². The van der Waals surface area contributed by atoms with E-state index in [2.05, 4.69) is 15.2 Å². The fourth-order valence-corrected chi connectivity index (χ4v) is 4.18. The van der Waals surface area contributed by atoms with Gasteiger partial charge in [0.2, 0.25) is 5.91 Å². The molecular formula is C20H23N5O2S. The number of pyridine rings is 1. The number of hydrogen-bond donors (Lipinski definition) is 0. The van der Waals surface area contributed by atoms with E-state index in [1.54, 1.807) is 18.7 Å². The molecule has 8 heteroatoms. The van der Waals surface area contributed by atoms with Crippen LogP contribution in [0, 0.1) is 0 Å². The van der Waals surface area contributed by atoms with Crippen LogP contribution in [-0.2, 0) is 11.3 Å². The zero-order valence-electron chi connectivity index (χ0n) is 15.7. The minimum absolute atomic E-state index is 0.169. The van der Waals surface area contributed by atoms with E-state index in [4.69, 9.17) is 4.42 Å². The Bertz CT molecular complexity index is 887. The number of carbonyl (C=O) groups is 1. The molecule has 1 fully saturated rings. The van der Waals surface area contributed by atoms with Gasteiger partial charge in [-0.3, -0.25) is 14.3 Å². The molecule has 0 bridgehead atoms. The van der Waals surface area contributed by atoms with Crippen LogP contribution < -0.4 is 0 Å². The average molecular weight is 398 g/mol. The molecule has 0 unspecified atom stereocenters. The Morgan fingerprint density at radius 1 is 1.11 bits per heavy atom. The van der Waals surface area contributed by atoms with Gasteiger partial charge in [-0.2, -0.15) is 0 Å². The van der Waals surface area contributed by atoms with E-state index in [-0.39, 0.29) is 5.91 Å². The molecule has 0 saturated carbocycles. The highest BCUT2D eigenvalue weighted by Crippen LogP contribution is 2.25. The lowest BCUT2D eigenvalue weighted by molar-refractivity contribution is -0.128. The topological polar surface area (TPSA) is 77.0 Å². The van der Waals surface area contributed by atoms with Crippen LogP contribution in [0.2, 0.25) is 0 Å². The number of carbonyl (C=O) groups excluding carboxylic acids is 1. The Labute approximate surface area is 168 Å². The average Bonchev–Trinajstić information content (AvgIpc) is 3.29. The molecule has 4 heterocycles. The van der Waals surface area contributed by atoms with Gasteiger partial charge in [-0.05, 0) is 37.1 Å². The van der Waals surface area contributed by atoms with Gasteiger partial charge in [-0.15, -0.1) is 10.2 Å². The summed E-state index contributed by atoms with van der Waals surface area (Å²) in [6.45, 7) is 2.23. The first kappa shape index (κ1) is 18.7. The Kier molecular flexibility index (Phi) is 6.06. The molecule has 3 aromatic rings. The smallest absolute Gasteiger partial charge is 0.233 e. The zero-order valence-corrected chi connectivity index (χ0v) is 16.5. The fraction of sp³-hybridized carbons (Fsp3) is 0.400. The lowest BCUT2D eigenvalue weighted by Crippen LogP contribution is -2.33. The highest BCUT2D eigenvalue weighted by Gasteiger charge is 2.20. The number of furan rings is 1. The molecular weight excluding hydrogens is 374 g/mol. The number of nitrogens with zero attached hydrogens (tertiary/aromatic N) is 5. The quantitative estimate of drug-likeness (QED) is 0.593. The first-order valence-corrected chi connectivity index (χ1v) is 10.6. The second-order valence-corrected chi connectivity index (χ2v) is 7.74. The fourth-order valence-electron chi connectivity index (χ4n) is 3.34. The maximum atomic E-state index is 12.6. The summed E-state index contributed by atoms with van der Waals surface area (Å²) >= 11 is 1.43. The molecule has 1 aliphatic heterocycles. The summed E-state index contributed by atoms with van der Waals surface area (Å²) in [7, 11) is 0. The summed E-state index contributed by atoms with van der Waals surface area (Å²) in [5.41, 5.74) is 0.882. The van der Waals surface area contributed by atoms with Crippen LogP contribution in [0.25, 0.3) is 11.4 Å². The van der Waals surface area contributed by atoms with Crippen molar-refractivity contribution in [1.29, 1.82) is 0 Å². The van der Waals surface area contributed by atoms with Gasteiger partial charge in [0.1, 0.15) is 5.76 Å². The van der Waals surface area contributed by atoms with E-state index in [0.717, 1.165) is 37.3 Å². The van der Waals surface area contributed by atoms with Gasteiger partial charge >= 0.3 is 0 Å². The molecule has 1 aliphatic rings. The van der Waals surface area contributed by atoms with Crippen molar-refractivity contribution >= 4 is 17.7 Å². The van der Waals surface area contributed by atoms with Gasteiger partial charge in [0.15, 0.2) is 11.0 Å². The van der Waals surface area contributed by atoms with E-state index in [1.165, 1.54) is 24.6 Å². The van der Waals surface area contributed by atoms with Gasteiger partial charge in [-0.1, -0.05) is 24.6 Å². The minimum Gasteiger partial charge on any atom is -0.467 e. The van der Waals surface area contributed by atoms with E-state index in [1.807, 2.05) is 33.7 Å². The molecule has 3 aromatic heterocycles. The predicted octanol–water partition coefficient (Wildman–Crippen LogP) is 3.48. The largest absolute Gasteiger partial charge is 0.467 e. The lowest BCUT2D eigenvalue weighted by atomic mass is 10.2. The molecule has 146 valence electrons. The third-order valence-electron chi connectivity index (χ3n) is 4.81. The Morgan fingerprint density at radius 2 is 1.96 bits per heavy atom. The maximum absolute atomic E-state index is 12.6. The van der Waals surface area contributed by atoms with Gasteiger partial charge in [-0.25, -0.2) is 0 Å². The van der Waals surface area contributed by atoms with Crippen molar-refractivity contribution in [2.45, 2.75) is 37.4 Å². The summed E-state index contributed by atoms with van der Waals surface area (Å²) in [5.74, 6) is 2.06. The van der Waals surface area contributed by atoms with Crippen LogP contribution in [0.15, 0.2) is 52.5 Å². The first-order valence-electron chi connectivity index (χ1n) is 9.58. The Morgan fingerprint density at radius 3 is 2.68 bits per heavy atom. The van der Waals surface area contributed by atoms with Crippen molar-refractivity contribution in [1.82, 2.24) is 24.6 Å². The van der Waals surface area contributed by atoms with Crippen molar-refractivity contribution < 1.29 is 9.21 Å². The maximum Gasteiger partial charge on any atom is 0.233 e. The SMILES string of the molecule is O=C(CSc1nnc(-c2cccnc2)n1Cc1ccco1)N1CCCCCC1. The standard InChI is InChI=1S/C20H23N5O2S/c26-18(24-10-3-1-2-4-11-24)15-28-20-23-22-19(16-7-5-9-21-13-16)25(20)14-17-8-6-12-27-17/h5-9,12-13H,1-4,10-11,14-15H2. The molecule has 28 heavy (non-hydrogen) atoms. The van der Waals surface area contributed by atoms with E-state index < -0.39 is 0 Å². The highest BCUT2D eigenvalue weighted by atomic mass is 32.2. The van der Waals surface area contributed by atoms with E-state index >= 15 is 0 Å². The summed E-state index contributed by atoms with van der Waals surface area (Å²) in [6.07, 6.45) is 9.75. The predicted molar refractivity (Wildman–Crippen MR) is 107 cm³/mol. The summed E-state index contributed by atoms with van der Waals surface area (Å²) in [4.78, 5) is 18.8. The lowest BCUT2D eigenvalue weighted by Gasteiger charge is -2.19.